The first kappa shape index (κ1) is 17.2. The normalized spacial score (nSPS) is 38.3. The van der Waals surface area contributed by atoms with Gasteiger partial charge in [-0.3, -0.25) is 9.59 Å². The number of rotatable bonds is 7. The molecule has 0 radical (unpaired) electrons. The fourth-order valence-electron chi connectivity index (χ4n) is 4.94. The quantitative estimate of drug-likeness (QED) is 0.514. The molecule has 0 saturated heterocycles. The SMILES string of the molecule is CSCC(COC(=O)C1CC2C=CC1C2)OC(=O)[C@@H]1CC2C=CC1C2. The number of esters is 2. The van der Waals surface area contributed by atoms with Crippen molar-refractivity contribution in [1.82, 2.24) is 0 Å². The molecule has 4 bridgehead atoms. The second-order valence-corrected chi connectivity index (χ2v) is 8.83. The summed E-state index contributed by atoms with van der Waals surface area (Å²) in [4.78, 5) is 24.9. The summed E-state index contributed by atoms with van der Waals surface area (Å²) in [5.41, 5.74) is 0. The zero-order valence-corrected chi connectivity index (χ0v) is 15.5. The van der Waals surface area contributed by atoms with E-state index in [-0.39, 0.29) is 36.5 Å². The van der Waals surface area contributed by atoms with Crippen molar-refractivity contribution in [3.63, 3.8) is 0 Å². The lowest BCUT2D eigenvalue weighted by Crippen LogP contribution is -2.33. The first-order valence-electron chi connectivity index (χ1n) is 9.36. The Balaban J connectivity index is 1.27. The van der Waals surface area contributed by atoms with Crippen LogP contribution in [0.5, 0.6) is 0 Å². The number of fused-ring (bicyclic) bond motifs is 4. The molecule has 0 spiro atoms. The van der Waals surface area contributed by atoms with E-state index in [1.165, 1.54) is 0 Å². The molecule has 4 aliphatic rings. The molecular weight excluding hydrogens is 336 g/mol. The van der Waals surface area contributed by atoms with Crippen molar-refractivity contribution >= 4 is 23.7 Å². The molecule has 0 aromatic heterocycles. The third-order valence-electron chi connectivity index (χ3n) is 6.21. The highest BCUT2D eigenvalue weighted by Gasteiger charge is 2.42. The van der Waals surface area contributed by atoms with E-state index in [4.69, 9.17) is 9.47 Å². The molecular formula is C20H26O4S. The van der Waals surface area contributed by atoms with Crippen LogP contribution in [0.4, 0.5) is 0 Å². The van der Waals surface area contributed by atoms with Crippen LogP contribution in [0.3, 0.4) is 0 Å². The Morgan fingerprint density at radius 1 is 0.960 bits per heavy atom. The first-order chi connectivity index (χ1) is 12.1. The molecule has 2 fully saturated rings. The van der Waals surface area contributed by atoms with Crippen molar-refractivity contribution in [1.29, 1.82) is 0 Å². The predicted octanol–water partition coefficient (Wildman–Crippen LogP) is 3.23. The molecule has 7 atom stereocenters. The van der Waals surface area contributed by atoms with E-state index in [1.807, 2.05) is 6.26 Å². The van der Waals surface area contributed by atoms with Crippen LogP contribution in [-0.2, 0) is 19.1 Å². The number of allylic oxidation sites excluding steroid dienone is 4. The standard InChI is InChI=1S/C20H26O4S/c1-25-11-16(24-20(22)18-9-13-3-5-15(18)7-13)10-23-19(21)17-8-12-2-4-14(17)6-12/h2-5,12-18H,6-11H2,1H3/t12?,13?,14?,15?,16?,17?,18-/m1/s1. The number of carbonyl (C=O) groups is 2. The second kappa shape index (κ2) is 7.18. The van der Waals surface area contributed by atoms with E-state index in [9.17, 15) is 9.59 Å². The molecule has 0 aromatic rings. The fourth-order valence-corrected chi connectivity index (χ4v) is 5.48. The van der Waals surface area contributed by atoms with Crippen LogP contribution in [0.25, 0.3) is 0 Å². The van der Waals surface area contributed by atoms with Gasteiger partial charge in [0, 0.05) is 5.75 Å². The zero-order chi connectivity index (χ0) is 17.4. The van der Waals surface area contributed by atoms with Gasteiger partial charge in [0.25, 0.3) is 0 Å². The summed E-state index contributed by atoms with van der Waals surface area (Å²) in [5, 5.41) is 0. The van der Waals surface area contributed by atoms with E-state index >= 15 is 0 Å². The summed E-state index contributed by atoms with van der Waals surface area (Å²) in [6.45, 7) is 0.180. The lowest BCUT2D eigenvalue weighted by atomic mass is 9.94. The summed E-state index contributed by atoms with van der Waals surface area (Å²) in [6.07, 6.45) is 14.4. The van der Waals surface area contributed by atoms with Crippen LogP contribution >= 0.6 is 11.8 Å². The smallest absolute Gasteiger partial charge is 0.309 e. The molecule has 4 nitrogen and oxygen atoms in total. The Hall–Kier alpha value is -1.23. The maximum atomic E-state index is 12.5. The van der Waals surface area contributed by atoms with Crippen molar-refractivity contribution in [3.8, 4) is 0 Å². The van der Waals surface area contributed by atoms with Gasteiger partial charge in [-0.15, -0.1) is 0 Å². The summed E-state index contributed by atoms with van der Waals surface area (Å²) in [6, 6.07) is 0. The van der Waals surface area contributed by atoms with Crippen molar-refractivity contribution in [3.05, 3.63) is 24.3 Å². The first-order valence-corrected chi connectivity index (χ1v) is 10.8. The van der Waals surface area contributed by atoms with Crippen molar-refractivity contribution in [2.75, 3.05) is 18.6 Å². The molecule has 0 aromatic carbocycles. The Morgan fingerprint density at radius 2 is 1.56 bits per heavy atom. The van der Waals surface area contributed by atoms with Crippen LogP contribution < -0.4 is 0 Å². The fraction of sp³-hybridized carbons (Fsp3) is 0.700. The Labute approximate surface area is 153 Å². The lowest BCUT2D eigenvalue weighted by molar-refractivity contribution is -0.163. The maximum Gasteiger partial charge on any atom is 0.309 e. The summed E-state index contributed by atoms with van der Waals surface area (Å²) < 4.78 is 11.3. The minimum atomic E-state index is -0.344. The van der Waals surface area contributed by atoms with Gasteiger partial charge in [0.2, 0.25) is 0 Å². The van der Waals surface area contributed by atoms with E-state index in [1.54, 1.807) is 11.8 Å². The topological polar surface area (TPSA) is 52.6 Å². The second-order valence-electron chi connectivity index (χ2n) is 7.92. The lowest BCUT2D eigenvalue weighted by Gasteiger charge is -2.23. The van der Waals surface area contributed by atoms with Crippen molar-refractivity contribution in [2.45, 2.75) is 31.8 Å². The average Bonchev–Trinajstić information content (AvgIpc) is 3.39. The zero-order valence-electron chi connectivity index (χ0n) is 14.6. The minimum absolute atomic E-state index is 0.00339. The molecule has 5 heteroatoms. The van der Waals surface area contributed by atoms with E-state index < -0.39 is 0 Å². The predicted molar refractivity (Wildman–Crippen MR) is 96.9 cm³/mol. The van der Waals surface area contributed by atoms with Gasteiger partial charge < -0.3 is 9.47 Å². The number of hydrogen-bond donors (Lipinski definition) is 0. The highest BCUT2D eigenvalue weighted by molar-refractivity contribution is 7.98. The average molecular weight is 362 g/mol. The molecule has 0 amide bonds. The molecule has 4 rings (SSSR count). The number of carbonyl (C=O) groups excluding carboxylic acids is 2. The van der Waals surface area contributed by atoms with Gasteiger partial charge in [-0.1, -0.05) is 24.3 Å². The van der Waals surface area contributed by atoms with Crippen LogP contribution in [-0.4, -0.2) is 36.7 Å². The summed E-state index contributed by atoms with van der Waals surface area (Å²) in [5.74, 6) is 2.19. The highest BCUT2D eigenvalue weighted by atomic mass is 32.2. The third-order valence-corrected chi connectivity index (χ3v) is 6.92. The van der Waals surface area contributed by atoms with Gasteiger partial charge in [0.05, 0.1) is 11.8 Å². The maximum absolute atomic E-state index is 12.5. The minimum Gasteiger partial charge on any atom is -0.461 e. The van der Waals surface area contributed by atoms with E-state index in [0.717, 1.165) is 25.7 Å². The largest absolute Gasteiger partial charge is 0.461 e. The van der Waals surface area contributed by atoms with Gasteiger partial charge in [-0.25, -0.2) is 0 Å². The van der Waals surface area contributed by atoms with Gasteiger partial charge in [0.1, 0.15) is 12.7 Å². The van der Waals surface area contributed by atoms with Crippen LogP contribution in [0.1, 0.15) is 25.7 Å². The molecule has 4 aliphatic carbocycles. The molecule has 136 valence electrons. The highest BCUT2D eigenvalue weighted by Crippen LogP contribution is 2.45. The summed E-state index contributed by atoms with van der Waals surface area (Å²) >= 11 is 1.61. The third kappa shape index (κ3) is 3.53. The number of hydrogen-bond acceptors (Lipinski definition) is 5. The van der Waals surface area contributed by atoms with Gasteiger partial charge in [-0.2, -0.15) is 11.8 Å². The van der Waals surface area contributed by atoms with Gasteiger partial charge >= 0.3 is 11.9 Å². The van der Waals surface area contributed by atoms with Crippen LogP contribution in [0.2, 0.25) is 0 Å². The van der Waals surface area contributed by atoms with Gasteiger partial charge in [0.15, 0.2) is 0 Å². The van der Waals surface area contributed by atoms with Crippen LogP contribution in [0, 0.1) is 35.5 Å². The Bertz CT molecular complexity index is 599. The monoisotopic (exact) mass is 362 g/mol. The Kier molecular flexibility index (Phi) is 4.94. The van der Waals surface area contributed by atoms with Crippen molar-refractivity contribution in [2.24, 2.45) is 35.5 Å². The molecule has 2 saturated carbocycles. The molecule has 0 N–H and O–H groups in total. The molecule has 25 heavy (non-hydrogen) atoms. The number of thioether (sulfide) groups is 1. The van der Waals surface area contributed by atoms with E-state index in [0.29, 0.717) is 29.4 Å². The van der Waals surface area contributed by atoms with E-state index in [2.05, 4.69) is 24.3 Å². The summed E-state index contributed by atoms with van der Waals surface area (Å²) in [7, 11) is 0. The molecule has 0 aliphatic heterocycles. The molecule has 6 unspecified atom stereocenters. The van der Waals surface area contributed by atoms with Gasteiger partial charge in [-0.05, 0) is 55.6 Å². The number of ether oxygens (including phenoxy) is 2. The molecule has 0 heterocycles. The Morgan fingerprint density at radius 3 is 2.04 bits per heavy atom. The van der Waals surface area contributed by atoms with Crippen molar-refractivity contribution < 1.29 is 19.1 Å². The van der Waals surface area contributed by atoms with Crippen LogP contribution in [0.15, 0.2) is 24.3 Å².